The van der Waals surface area contributed by atoms with Gasteiger partial charge in [-0.05, 0) is 0 Å². The fourth-order valence-electron chi connectivity index (χ4n) is 2.31. The summed E-state index contributed by atoms with van der Waals surface area (Å²) >= 11 is 0. The molecule has 0 amide bonds. The van der Waals surface area contributed by atoms with Gasteiger partial charge in [-0.2, -0.15) is 0 Å². The highest BCUT2D eigenvalue weighted by Gasteiger charge is 2.21. The molecule has 0 aliphatic rings. The summed E-state index contributed by atoms with van der Waals surface area (Å²) in [5.74, 6) is 0. The summed E-state index contributed by atoms with van der Waals surface area (Å²) in [6.07, 6.45) is 0. The van der Waals surface area contributed by atoms with E-state index in [0.717, 1.165) is 9.13 Å². The van der Waals surface area contributed by atoms with E-state index in [1.807, 2.05) is 0 Å². The molecule has 0 saturated heterocycles. The molecule has 0 N–H and O–H groups in total. The number of hydrogen-bond acceptors (Lipinski definition) is 4. The maximum absolute atomic E-state index is 12.1. The molecule has 0 spiro atoms. The Balaban J connectivity index is 3.17. The molecular formula is C12H16N4O4P2. The molecule has 0 bridgehead atoms. The van der Waals surface area contributed by atoms with Crippen LogP contribution in [0.2, 0.25) is 0 Å². The normalized spacial score (nSPS) is 11.0. The summed E-state index contributed by atoms with van der Waals surface area (Å²) in [5.41, 5.74) is -1.63. The standard InChI is InChI=1S/C12H16N4O4P2/c1-13-5(7(21)9(17)15(3)11(13)19)6-8(22)10(18)16(4)12(20)14(6)2/h21-22H2,1-4H3. The van der Waals surface area contributed by atoms with E-state index in [9.17, 15) is 19.2 Å². The quantitative estimate of drug-likeness (QED) is 0.522. The molecule has 0 aromatic carbocycles. The first-order valence-electron chi connectivity index (χ1n) is 6.22. The first-order chi connectivity index (χ1) is 10.1. The number of hydrogen-bond donors (Lipinski definition) is 0. The van der Waals surface area contributed by atoms with Crippen LogP contribution in [0.15, 0.2) is 19.2 Å². The Labute approximate surface area is 129 Å². The van der Waals surface area contributed by atoms with Crippen LogP contribution >= 0.6 is 18.5 Å². The van der Waals surface area contributed by atoms with Crippen LogP contribution in [0.4, 0.5) is 0 Å². The van der Waals surface area contributed by atoms with E-state index in [0.29, 0.717) is 0 Å². The molecule has 2 atom stereocenters. The van der Waals surface area contributed by atoms with E-state index in [-0.39, 0.29) is 22.0 Å². The number of rotatable bonds is 1. The van der Waals surface area contributed by atoms with E-state index < -0.39 is 22.5 Å². The van der Waals surface area contributed by atoms with Crippen LogP contribution in [-0.2, 0) is 28.2 Å². The average Bonchev–Trinajstić information content (AvgIpc) is 2.50. The van der Waals surface area contributed by atoms with Gasteiger partial charge in [-0.15, -0.1) is 0 Å². The Hall–Kier alpha value is -1.78. The third-order valence-corrected chi connectivity index (χ3v) is 4.66. The zero-order valence-corrected chi connectivity index (χ0v) is 14.9. The van der Waals surface area contributed by atoms with Gasteiger partial charge in [0, 0.05) is 28.2 Å². The summed E-state index contributed by atoms with van der Waals surface area (Å²) in [7, 11) is 10.2. The molecule has 0 radical (unpaired) electrons. The molecule has 0 aliphatic carbocycles. The van der Waals surface area contributed by atoms with E-state index in [1.165, 1.54) is 37.3 Å². The third kappa shape index (κ3) is 2.14. The summed E-state index contributed by atoms with van der Waals surface area (Å²) in [6, 6.07) is 0. The van der Waals surface area contributed by atoms with Crippen molar-refractivity contribution in [3.8, 4) is 11.4 Å². The third-order valence-electron chi connectivity index (χ3n) is 3.62. The van der Waals surface area contributed by atoms with E-state index in [2.05, 4.69) is 18.5 Å². The monoisotopic (exact) mass is 342 g/mol. The van der Waals surface area contributed by atoms with Gasteiger partial charge in [-0.3, -0.25) is 27.9 Å². The van der Waals surface area contributed by atoms with Gasteiger partial charge in [-0.25, -0.2) is 9.59 Å². The van der Waals surface area contributed by atoms with Crippen molar-refractivity contribution in [3.05, 3.63) is 41.7 Å². The minimum atomic E-state index is -0.538. The molecule has 0 saturated carbocycles. The van der Waals surface area contributed by atoms with Gasteiger partial charge in [0.05, 0.1) is 22.0 Å². The highest BCUT2D eigenvalue weighted by molar-refractivity contribution is 7.28. The van der Waals surface area contributed by atoms with Crippen LogP contribution in [-0.4, -0.2) is 18.3 Å². The maximum Gasteiger partial charge on any atom is 0.331 e. The Kier molecular flexibility index (Phi) is 4.11. The van der Waals surface area contributed by atoms with Crippen LogP contribution in [0.25, 0.3) is 11.4 Å². The van der Waals surface area contributed by atoms with Crippen molar-refractivity contribution in [1.82, 2.24) is 18.3 Å². The lowest BCUT2D eigenvalue weighted by Crippen LogP contribution is -2.49. The second-order valence-electron chi connectivity index (χ2n) is 4.94. The summed E-state index contributed by atoms with van der Waals surface area (Å²) < 4.78 is 4.41. The predicted octanol–water partition coefficient (Wildman–Crippen LogP) is -2.85. The van der Waals surface area contributed by atoms with Gasteiger partial charge in [0.25, 0.3) is 11.1 Å². The maximum atomic E-state index is 12.1. The Morgan fingerprint density at radius 3 is 1.14 bits per heavy atom. The summed E-state index contributed by atoms with van der Waals surface area (Å²) in [5, 5.41) is 0.410. The van der Waals surface area contributed by atoms with Crippen molar-refractivity contribution >= 4 is 29.1 Å². The van der Waals surface area contributed by atoms with Gasteiger partial charge in [0.2, 0.25) is 0 Å². The molecular weight excluding hydrogens is 326 g/mol. The fourth-order valence-corrected chi connectivity index (χ4v) is 3.36. The fraction of sp³-hybridized carbons (Fsp3) is 0.333. The van der Waals surface area contributed by atoms with Crippen molar-refractivity contribution in [2.24, 2.45) is 28.2 Å². The molecule has 118 valence electrons. The van der Waals surface area contributed by atoms with E-state index in [1.54, 1.807) is 0 Å². The van der Waals surface area contributed by atoms with E-state index in [4.69, 9.17) is 0 Å². The highest BCUT2D eigenvalue weighted by atomic mass is 31.0. The highest BCUT2D eigenvalue weighted by Crippen LogP contribution is 2.12. The van der Waals surface area contributed by atoms with Gasteiger partial charge in [0.1, 0.15) is 0 Å². The second-order valence-corrected chi connectivity index (χ2v) is 6.09. The molecule has 10 heteroatoms. The first kappa shape index (κ1) is 16.6. The number of aromatic nitrogens is 4. The smallest absolute Gasteiger partial charge is 0.294 e. The van der Waals surface area contributed by atoms with E-state index >= 15 is 0 Å². The zero-order valence-electron chi connectivity index (χ0n) is 12.6. The summed E-state index contributed by atoms with van der Waals surface area (Å²) in [6.45, 7) is 0. The first-order valence-corrected chi connectivity index (χ1v) is 7.38. The number of nitrogens with zero attached hydrogens (tertiary/aromatic N) is 4. The molecule has 2 rings (SSSR count). The summed E-state index contributed by atoms with van der Waals surface area (Å²) in [4.78, 5) is 48.6. The molecule has 2 aromatic heterocycles. The van der Waals surface area contributed by atoms with Crippen LogP contribution in [0.3, 0.4) is 0 Å². The average molecular weight is 342 g/mol. The van der Waals surface area contributed by atoms with Crippen molar-refractivity contribution in [3.63, 3.8) is 0 Å². The van der Waals surface area contributed by atoms with Crippen LogP contribution in [0.1, 0.15) is 0 Å². The largest absolute Gasteiger partial charge is 0.331 e. The second kappa shape index (κ2) is 5.45. The minimum Gasteiger partial charge on any atom is -0.294 e. The molecule has 0 fully saturated rings. The van der Waals surface area contributed by atoms with Crippen molar-refractivity contribution in [2.75, 3.05) is 0 Å². The molecule has 0 aliphatic heterocycles. The molecule has 2 aromatic rings. The van der Waals surface area contributed by atoms with Gasteiger partial charge in [0.15, 0.2) is 0 Å². The van der Waals surface area contributed by atoms with Crippen molar-refractivity contribution < 1.29 is 0 Å². The topological polar surface area (TPSA) is 88.0 Å². The molecule has 22 heavy (non-hydrogen) atoms. The molecule has 8 nitrogen and oxygen atoms in total. The lowest BCUT2D eigenvalue weighted by molar-refractivity contribution is 0.674. The Morgan fingerprint density at radius 2 is 0.864 bits per heavy atom. The van der Waals surface area contributed by atoms with Gasteiger partial charge in [-0.1, -0.05) is 18.5 Å². The lowest BCUT2D eigenvalue weighted by atomic mass is 10.2. The predicted molar refractivity (Wildman–Crippen MR) is 91.5 cm³/mol. The molecule has 2 heterocycles. The SMILES string of the molecule is Cn1c(-c2c(P)c(=O)n(C)c(=O)n2C)c(P)c(=O)n(C)c1=O. The van der Waals surface area contributed by atoms with Crippen molar-refractivity contribution in [2.45, 2.75) is 0 Å². The van der Waals surface area contributed by atoms with Crippen molar-refractivity contribution in [1.29, 1.82) is 0 Å². The van der Waals surface area contributed by atoms with Crippen LogP contribution < -0.4 is 33.1 Å². The van der Waals surface area contributed by atoms with Gasteiger partial charge < -0.3 is 0 Å². The molecule has 2 unspecified atom stereocenters. The van der Waals surface area contributed by atoms with Crippen LogP contribution in [0.5, 0.6) is 0 Å². The van der Waals surface area contributed by atoms with Gasteiger partial charge >= 0.3 is 11.4 Å². The Bertz CT molecular complexity index is 868. The van der Waals surface area contributed by atoms with Crippen LogP contribution in [0, 0.1) is 0 Å². The zero-order chi connectivity index (χ0) is 16.9. The Morgan fingerprint density at radius 1 is 0.591 bits per heavy atom. The minimum absolute atomic E-state index is 0.205. The lowest BCUT2D eigenvalue weighted by Gasteiger charge is -2.18.